The Kier molecular flexibility index (Phi) is 2.83. The number of hydrogen-bond donors (Lipinski definition) is 1. The third-order valence-corrected chi connectivity index (χ3v) is 3.44. The minimum atomic E-state index is -1.00. The van der Waals surface area contributed by atoms with E-state index in [1.54, 1.807) is 13.2 Å². The highest BCUT2D eigenvalue weighted by Crippen LogP contribution is 2.30. The number of carbonyl (C=O) groups is 1. The Labute approximate surface area is 110 Å². The summed E-state index contributed by atoms with van der Waals surface area (Å²) in [5, 5.41) is 10.1. The van der Waals surface area contributed by atoms with Crippen LogP contribution < -0.4 is 4.90 Å². The first-order valence-corrected chi connectivity index (χ1v) is 6.10. The summed E-state index contributed by atoms with van der Waals surface area (Å²) in [6.45, 7) is 1.56. The van der Waals surface area contributed by atoms with Gasteiger partial charge in [-0.15, -0.1) is 0 Å². The molecule has 1 aromatic heterocycles. The van der Waals surface area contributed by atoms with Gasteiger partial charge in [-0.2, -0.15) is 0 Å². The standard InChI is InChI=1S/C14H14N2O3/c1-19-9-7-16(8-9)13-6-12(14(17)18)15-11-5-3-2-4-10(11)13/h2-6,9H,7-8H2,1H3,(H,17,18). The molecule has 0 unspecified atom stereocenters. The molecule has 5 heteroatoms. The van der Waals surface area contributed by atoms with Crippen molar-refractivity contribution in [1.29, 1.82) is 0 Å². The van der Waals surface area contributed by atoms with Crippen LogP contribution in [0.25, 0.3) is 10.9 Å². The smallest absolute Gasteiger partial charge is 0.354 e. The second kappa shape index (κ2) is 4.51. The summed E-state index contributed by atoms with van der Waals surface area (Å²) in [7, 11) is 1.69. The lowest BCUT2D eigenvalue weighted by Crippen LogP contribution is -2.52. The highest BCUT2D eigenvalue weighted by molar-refractivity contribution is 5.97. The van der Waals surface area contributed by atoms with Gasteiger partial charge in [0.25, 0.3) is 0 Å². The first-order valence-electron chi connectivity index (χ1n) is 6.10. The number of pyridine rings is 1. The van der Waals surface area contributed by atoms with Crippen LogP contribution in [0.2, 0.25) is 0 Å². The maximum atomic E-state index is 11.1. The average molecular weight is 258 g/mol. The largest absolute Gasteiger partial charge is 0.477 e. The fourth-order valence-corrected chi connectivity index (χ4v) is 2.31. The summed E-state index contributed by atoms with van der Waals surface area (Å²) in [5.41, 5.74) is 1.70. The van der Waals surface area contributed by atoms with Gasteiger partial charge in [0.2, 0.25) is 0 Å². The van der Waals surface area contributed by atoms with Crippen molar-refractivity contribution < 1.29 is 14.6 Å². The fourth-order valence-electron chi connectivity index (χ4n) is 2.31. The third-order valence-electron chi connectivity index (χ3n) is 3.44. The van der Waals surface area contributed by atoms with E-state index in [0.29, 0.717) is 5.52 Å². The molecule has 1 N–H and O–H groups in total. The summed E-state index contributed by atoms with van der Waals surface area (Å²) in [6, 6.07) is 9.22. The molecule has 0 bridgehead atoms. The molecule has 0 atom stereocenters. The molecule has 0 radical (unpaired) electrons. The number of rotatable bonds is 3. The molecule has 3 rings (SSSR count). The van der Waals surface area contributed by atoms with Crippen LogP contribution in [0, 0.1) is 0 Å². The number of carboxylic acids is 1. The number of fused-ring (bicyclic) bond motifs is 1. The van der Waals surface area contributed by atoms with E-state index < -0.39 is 5.97 Å². The summed E-state index contributed by atoms with van der Waals surface area (Å²) < 4.78 is 5.25. The van der Waals surface area contributed by atoms with Gasteiger partial charge >= 0.3 is 5.97 Å². The van der Waals surface area contributed by atoms with E-state index in [1.807, 2.05) is 24.3 Å². The Balaban J connectivity index is 2.08. The SMILES string of the molecule is COC1CN(c2cc(C(=O)O)nc3ccccc23)C1. The third kappa shape index (κ3) is 2.02. The van der Waals surface area contributed by atoms with Crippen LogP contribution in [0.1, 0.15) is 10.5 Å². The highest BCUT2D eigenvalue weighted by atomic mass is 16.5. The second-order valence-electron chi connectivity index (χ2n) is 4.61. The minimum Gasteiger partial charge on any atom is -0.477 e. The van der Waals surface area contributed by atoms with E-state index in [1.165, 1.54) is 0 Å². The minimum absolute atomic E-state index is 0.0783. The van der Waals surface area contributed by atoms with Gasteiger partial charge in [-0.05, 0) is 12.1 Å². The van der Waals surface area contributed by atoms with Crippen LogP contribution in [0.4, 0.5) is 5.69 Å². The zero-order valence-electron chi connectivity index (χ0n) is 10.5. The van der Waals surface area contributed by atoms with Gasteiger partial charge in [-0.3, -0.25) is 0 Å². The molecule has 98 valence electrons. The number of ether oxygens (including phenoxy) is 1. The zero-order chi connectivity index (χ0) is 13.4. The van der Waals surface area contributed by atoms with Gasteiger partial charge in [0.15, 0.2) is 5.69 Å². The predicted molar refractivity (Wildman–Crippen MR) is 71.7 cm³/mol. The fraction of sp³-hybridized carbons (Fsp3) is 0.286. The topological polar surface area (TPSA) is 62.7 Å². The molecule has 1 aliphatic heterocycles. The Hall–Kier alpha value is -2.14. The van der Waals surface area contributed by atoms with Crippen molar-refractivity contribution in [2.45, 2.75) is 6.10 Å². The van der Waals surface area contributed by atoms with Crippen LogP contribution in [0.5, 0.6) is 0 Å². The van der Waals surface area contributed by atoms with Crippen LogP contribution in [-0.2, 0) is 4.74 Å². The van der Waals surface area contributed by atoms with Gasteiger partial charge in [-0.25, -0.2) is 9.78 Å². The number of aromatic nitrogens is 1. The van der Waals surface area contributed by atoms with Gasteiger partial charge in [0.05, 0.1) is 11.6 Å². The molecule has 0 saturated carbocycles. The summed E-state index contributed by atoms with van der Waals surface area (Å²) >= 11 is 0. The van der Waals surface area contributed by atoms with E-state index in [-0.39, 0.29) is 11.8 Å². The maximum Gasteiger partial charge on any atom is 0.354 e. The van der Waals surface area contributed by atoms with Crippen molar-refractivity contribution >= 4 is 22.6 Å². The molecule has 0 spiro atoms. The molecule has 2 aromatic rings. The van der Waals surface area contributed by atoms with Gasteiger partial charge in [-0.1, -0.05) is 18.2 Å². The van der Waals surface area contributed by atoms with Gasteiger partial charge in [0.1, 0.15) is 0 Å². The molecule has 1 saturated heterocycles. The lowest BCUT2D eigenvalue weighted by Gasteiger charge is -2.40. The average Bonchev–Trinajstić information content (AvgIpc) is 2.37. The van der Waals surface area contributed by atoms with Crippen LogP contribution in [0.3, 0.4) is 0 Å². The number of nitrogens with zero attached hydrogens (tertiary/aromatic N) is 2. The van der Waals surface area contributed by atoms with Crippen molar-refractivity contribution in [2.75, 3.05) is 25.1 Å². The number of methoxy groups -OCH3 is 1. The molecule has 5 nitrogen and oxygen atoms in total. The lowest BCUT2D eigenvalue weighted by molar-refractivity contribution is 0.0690. The van der Waals surface area contributed by atoms with E-state index in [4.69, 9.17) is 9.84 Å². The summed E-state index contributed by atoms with van der Waals surface area (Å²) in [6.07, 6.45) is 0.222. The van der Waals surface area contributed by atoms with Crippen molar-refractivity contribution in [2.24, 2.45) is 0 Å². The molecule has 19 heavy (non-hydrogen) atoms. The number of para-hydroxylation sites is 1. The molecular formula is C14H14N2O3. The maximum absolute atomic E-state index is 11.1. The van der Waals surface area contributed by atoms with Crippen LogP contribution in [-0.4, -0.2) is 42.4 Å². The normalized spacial score (nSPS) is 15.5. The zero-order valence-corrected chi connectivity index (χ0v) is 10.5. The number of hydrogen-bond acceptors (Lipinski definition) is 4. The Bertz CT molecular complexity index is 636. The Morgan fingerprint density at radius 2 is 2.16 bits per heavy atom. The predicted octanol–water partition coefficient (Wildman–Crippen LogP) is 1.77. The number of anilines is 1. The quantitative estimate of drug-likeness (QED) is 0.909. The van der Waals surface area contributed by atoms with E-state index in [2.05, 4.69) is 9.88 Å². The second-order valence-corrected chi connectivity index (χ2v) is 4.61. The van der Waals surface area contributed by atoms with Crippen LogP contribution >= 0.6 is 0 Å². The molecule has 1 aromatic carbocycles. The van der Waals surface area contributed by atoms with Crippen molar-refractivity contribution in [3.63, 3.8) is 0 Å². The number of carboxylic acid groups (broad SMARTS) is 1. The number of benzene rings is 1. The lowest BCUT2D eigenvalue weighted by atomic mass is 10.1. The van der Waals surface area contributed by atoms with Crippen molar-refractivity contribution in [3.8, 4) is 0 Å². The van der Waals surface area contributed by atoms with Crippen LogP contribution in [0.15, 0.2) is 30.3 Å². The molecular weight excluding hydrogens is 244 g/mol. The van der Waals surface area contributed by atoms with Gasteiger partial charge in [0, 0.05) is 31.3 Å². The van der Waals surface area contributed by atoms with Crippen molar-refractivity contribution in [1.82, 2.24) is 4.98 Å². The van der Waals surface area contributed by atoms with E-state index >= 15 is 0 Å². The molecule has 1 aliphatic rings. The molecule has 2 heterocycles. The molecule has 0 amide bonds. The molecule has 0 aliphatic carbocycles. The Morgan fingerprint density at radius 1 is 1.42 bits per heavy atom. The monoisotopic (exact) mass is 258 g/mol. The number of aromatic carboxylic acids is 1. The van der Waals surface area contributed by atoms with Gasteiger partial charge < -0.3 is 14.7 Å². The summed E-state index contributed by atoms with van der Waals surface area (Å²) in [4.78, 5) is 17.4. The molecule has 1 fully saturated rings. The summed E-state index contributed by atoms with van der Waals surface area (Å²) in [5.74, 6) is -1.00. The highest BCUT2D eigenvalue weighted by Gasteiger charge is 2.28. The van der Waals surface area contributed by atoms with E-state index in [9.17, 15) is 4.79 Å². The first kappa shape index (κ1) is 11.9. The Morgan fingerprint density at radius 3 is 2.84 bits per heavy atom. The first-order chi connectivity index (χ1) is 9.19. The van der Waals surface area contributed by atoms with E-state index in [0.717, 1.165) is 24.2 Å². The van der Waals surface area contributed by atoms with Crippen molar-refractivity contribution in [3.05, 3.63) is 36.0 Å².